The first-order valence-corrected chi connectivity index (χ1v) is 5.44. The predicted octanol–water partition coefficient (Wildman–Crippen LogP) is 2.25. The van der Waals surface area contributed by atoms with Gasteiger partial charge >= 0.3 is 0 Å². The standard InChI is InChI=1S/C12H12ClN3O/c1-9(17)10-2-3-12(11(13)8-10)16(6-4-14)7-5-15/h2-3,8-9,17H,6-7H2,1H3/t9-/m0/s1. The molecule has 0 amide bonds. The second-order valence-corrected chi connectivity index (χ2v) is 3.97. The number of anilines is 1. The summed E-state index contributed by atoms with van der Waals surface area (Å²) < 4.78 is 0. The van der Waals surface area contributed by atoms with Crippen LogP contribution in [-0.4, -0.2) is 18.2 Å². The van der Waals surface area contributed by atoms with Crippen molar-refractivity contribution in [2.24, 2.45) is 0 Å². The number of aliphatic hydroxyl groups excluding tert-OH is 1. The Labute approximate surface area is 105 Å². The maximum Gasteiger partial charge on any atom is 0.107 e. The van der Waals surface area contributed by atoms with Crippen LogP contribution in [0.2, 0.25) is 5.02 Å². The molecule has 1 atom stereocenters. The molecule has 0 saturated carbocycles. The maximum absolute atomic E-state index is 9.41. The van der Waals surface area contributed by atoms with Crippen LogP contribution < -0.4 is 4.90 Å². The van der Waals surface area contributed by atoms with Crippen LogP contribution >= 0.6 is 11.6 Å². The van der Waals surface area contributed by atoms with Gasteiger partial charge in [-0.2, -0.15) is 10.5 Å². The molecule has 0 aliphatic carbocycles. The minimum atomic E-state index is -0.595. The third-order valence-corrected chi connectivity index (χ3v) is 2.62. The van der Waals surface area contributed by atoms with Crippen molar-refractivity contribution in [1.82, 2.24) is 0 Å². The molecule has 88 valence electrons. The van der Waals surface area contributed by atoms with Gasteiger partial charge in [0.15, 0.2) is 0 Å². The van der Waals surface area contributed by atoms with E-state index in [4.69, 9.17) is 22.1 Å². The summed E-state index contributed by atoms with van der Waals surface area (Å²) in [5.41, 5.74) is 1.33. The Bertz CT molecular complexity index is 458. The van der Waals surface area contributed by atoms with Gasteiger partial charge in [0.25, 0.3) is 0 Å². The number of rotatable bonds is 4. The Hall–Kier alpha value is -1.75. The van der Waals surface area contributed by atoms with Crippen molar-refractivity contribution in [3.05, 3.63) is 28.8 Å². The predicted molar refractivity (Wildman–Crippen MR) is 65.5 cm³/mol. The lowest BCUT2D eigenvalue weighted by Gasteiger charge is -2.20. The molecule has 0 spiro atoms. The normalized spacial score (nSPS) is 11.4. The molecular weight excluding hydrogens is 238 g/mol. The van der Waals surface area contributed by atoms with Gasteiger partial charge in [-0.1, -0.05) is 17.7 Å². The Morgan fingerprint density at radius 2 is 1.94 bits per heavy atom. The fourth-order valence-corrected chi connectivity index (χ4v) is 1.74. The van der Waals surface area contributed by atoms with E-state index in [-0.39, 0.29) is 13.1 Å². The van der Waals surface area contributed by atoms with Gasteiger partial charge in [-0.15, -0.1) is 0 Å². The molecule has 0 aliphatic heterocycles. The highest BCUT2D eigenvalue weighted by Crippen LogP contribution is 2.28. The molecule has 0 aliphatic rings. The van der Waals surface area contributed by atoms with Crippen LogP contribution in [0, 0.1) is 22.7 Å². The highest BCUT2D eigenvalue weighted by molar-refractivity contribution is 6.33. The van der Waals surface area contributed by atoms with Crippen molar-refractivity contribution < 1.29 is 5.11 Å². The first kappa shape index (κ1) is 13.3. The van der Waals surface area contributed by atoms with E-state index in [1.807, 2.05) is 12.1 Å². The highest BCUT2D eigenvalue weighted by atomic mass is 35.5. The summed E-state index contributed by atoms with van der Waals surface area (Å²) in [6.07, 6.45) is -0.595. The summed E-state index contributed by atoms with van der Waals surface area (Å²) in [4.78, 5) is 1.58. The van der Waals surface area contributed by atoms with Crippen molar-refractivity contribution in [2.45, 2.75) is 13.0 Å². The highest BCUT2D eigenvalue weighted by Gasteiger charge is 2.11. The minimum Gasteiger partial charge on any atom is -0.389 e. The Morgan fingerprint density at radius 1 is 1.35 bits per heavy atom. The Morgan fingerprint density at radius 3 is 2.35 bits per heavy atom. The molecular formula is C12H12ClN3O. The van der Waals surface area contributed by atoms with Gasteiger partial charge < -0.3 is 10.0 Å². The Balaban J connectivity index is 3.05. The summed E-state index contributed by atoms with van der Waals surface area (Å²) >= 11 is 6.07. The third kappa shape index (κ3) is 3.35. The number of benzene rings is 1. The molecule has 0 aromatic heterocycles. The first-order chi connectivity index (χ1) is 8.10. The molecule has 17 heavy (non-hydrogen) atoms. The molecule has 5 heteroatoms. The van der Waals surface area contributed by atoms with Crippen molar-refractivity contribution in [1.29, 1.82) is 10.5 Å². The van der Waals surface area contributed by atoms with E-state index in [2.05, 4.69) is 0 Å². The first-order valence-electron chi connectivity index (χ1n) is 5.06. The van der Waals surface area contributed by atoms with Crippen LogP contribution in [0.4, 0.5) is 5.69 Å². The average Bonchev–Trinajstić information content (AvgIpc) is 2.28. The van der Waals surface area contributed by atoms with E-state index in [0.717, 1.165) is 0 Å². The van der Waals surface area contributed by atoms with E-state index in [9.17, 15) is 5.11 Å². The van der Waals surface area contributed by atoms with Gasteiger partial charge in [0.05, 0.1) is 29.0 Å². The number of nitrogens with zero attached hydrogens (tertiary/aromatic N) is 3. The maximum atomic E-state index is 9.41. The van der Waals surface area contributed by atoms with E-state index < -0.39 is 6.10 Å². The van der Waals surface area contributed by atoms with Crippen LogP contribution in [0.25, 0.3) is 0 Å². The van der Waals surface area contributed by atoms with Gasteiger partial charge in [-0.25, -0.2) is 0 Å². The zero-order chi connectivity index (χ0) is 12.8. The van der Waals surface area contributed by atoms with Crippen LogP contribution in [0.5, 0.6) is 0 Å². The molecule has 0 unspecified atom stereocenters. The number of halogens is 1. The fourth-order valence-electron chi connectivity index (χ4n) is 1.44. The van der Waals surface area contributed by atoms with Crippen LogP contribution in [0.3, 0.4) is 0 Å². The van der Waals surface area contributed by atoms with E-state index in [0.29, 0.717) is 16.3 Å². The van der Waals surface area contributed by atoms with E-state index in [1.54, 1.807) is 30.0 Å². The zero-order valence-electron chi connectivity index (χ0n) is 9.39. The van der Waals surface area contributed by atoms with Gasteiger partial charge in [0.1, 0.15) is 13.1 Å². The van der Waals surface area contributed by atoms with Gasteiger partial charge in [-0.3, -0.25) is 0 Å². The minimum absolute atomic E-state index is 0.0985. The van der Waals surface area contributed by atoms with Crippen molar-refractivity contribution in [3.8, 4) is 12.1 Å². The molecule has 0 bridgehead atoms. The molecule has 1 aromatic carbocycles. The van der Waals surface area contributed by atoms with Crippen molar-refractivity contribution in [3.63, 3.8) is 0 Å². The summed E-state index contributed by atoms with van der Waals surface area (Å²) in [5, 5.41) is 27.2. The number of hydrogen-bond acceptors (Lipinski definition) is 4. The second kappa shape index (κ2) is 6.10. The van der Waals surface area contributed by atoms with Gasteiger partial charge in [-0.05, 0) is 24.6 Å². The Kier molecular flexibility index (Phi) is 4.78. The molecule has 1 N–H and O–H groups in total. The molecule has 1 rings (SSSR count). The van der Waals surface area contributed by atoms with Crippen LogP contribution in [0.1, 0.15) is 18.6 Å². The monoisotopic (exact) mass is 249 g/mol. The second-order valence-electron chi connectivity index (χ2n) is 3.56. The van der Waals surface area contributed by atoms with E-state index >= 15 is 0 Å². The summed E-state index contributed by atoms with van der Waals surface area (Å²) in [6, 6.07) is 9.04. The lowest BCUT2D eigenvalue weighted by molar-refractivity contribution is 0.199. The lowest BCUT2D eigenvalue weighted by atomic mass is 10.1. The third-order valence-electron chi connectivity index (χ3n) is 2.32. The molecule has 1 aromatic rings. The summed E-state index contributed by atoms with van der Waals surface area (Å²) in [6.45, 7) is 1.84. The molecule has 0 fully saturated rings. The van der Waals surface area contributed by atoms with Crippen LogP contribution in [-0.2, 0) is 0 Å². The molecule has 0 saturated heterocycles. The summed E-state index contributed by atoms with van der Waals surface area (Å²) in [7, 11) is 0. The smallest absolute Gasteiger partial charge is 0.107 e. The molecule has 0 heterocycles. The quantitative estimate of drug-likeness (QED) is 0.831. The van der Waals surface area contributed by atoms with Crippen molar-refractivity contribution in [2.75, 3.05) is 18.0 Å². The zero-order valence-corrected chi connectivity index (χ0v) is 10.1. The number of nitriles is 2. The van der Waals surface area contributed by atoms with E-state index in [1.165, 1.54) is 0 Å². The fraction of sp³-hybridized carbons (Fsp3) is 0.333. The van der Waals surface area contributed by atoms with Crippen molar-refractivity contribution >= 4 is 17.3 Å². The lowest BCUT2D eigenvalue weighted by Crippen LogP contribution is -2.24. The topological polar surface area (TPSA) is 71.0 Å². The summed E-state index contributed by atoms with van der Waals surface area (Å²) in [5.74, 6) is 0. The average molecular weight is 250 g/mol. The largest absolute Gasteiger partial charge is 0.389 e. The number of aliphatic hydroxyl groups is 1. The van der Waals surface area contributed by atoms with Gasteiger partial charge in [0, 0.05) is 0 Å². The van der Waals surface area contributed by atoms with Gasteiger partial charge in [0.2, 0.25) is 0 Å². The van der Waals surface area contributed by atoms with Crippen LogP contribution in [0.15, 0.2) is 18.2 Å². The molecule has 4 nitrogen and oxygen atoms in total. The molecule has 0 radical (unpaired) electrons. The number of hydrogen-bond donors (Lipinski definition) is 1. The SMILES string of the molecule is C[C@H](O)c1ccc(N(CC#N)CC#N)c(Cl)c1.